The van der Waals surface area contributed by atoms with Gasteiger partial charge in [0.1, 0.15) is 11.6 Å². The van der Waals surface area contributed by atoms with E-state index in [-0.39, 0.29) is 0 Å². The topological polar surface area (TPSA) is 66.9 Å². The van der Waals surface area contributed by atoms with Crippen LogP contribution in [0.1, 0.15) is 11.1 Å². The van der Waals surface area contributed by atoms with E-state index in [0.717, 1.165) is 6.42 Å². The summed E-state index contributed by atoms with van der Waals surface area (Å²) >= 11 is 5.98. The van der Waals surface area contributed by atoms with Crippen molar-refractivity contribution in [3.63, 3.8) is 0 Å². The van der Waals surface area contributed by atoms with Crippen molar-refractivity contribution < 1.29 is 0 Å². The Bertz CT molecular complexity index is 873. The third-order valence-electron chi connectivity index (χ3n) is 3.00. The number of rotatable bonds is 4. The molecule has 0 atom stereocenters. The van der Waals surface area contributed by atoms with Crippen LogP contribution < -0.4 is 4.67 Å². The molecule has 2 heterocycles. The lowest BCUT2D eigenvalue weighted by Gasteiger charge is -2.04. The van der Waals surface area contributed by atoms with Gasteiger partial charge in [-0.15, -0.1) is 0 Å². The molecule has 2 aromatic heterocycles. The Balaban J connectivity index is 1.91. The normalized spacial score (nSPS) is 11.5. The van der Waals surface area contributed by atoms with Crippen molar-refractivity contribution in [2.75, 3.05) is 0 Å². The minimum absolute atomic E-state index is 0.356. The molecule has 0 N–H and O–H groups in total. The van der Waals surface area contributed by atoms with E-state index < -0.39 is 0 Å². The lowest BCUT2D eigenvalue weighted by atomic mass is 10.1. The van der Waals surface area contributed by atoms with Gasteiger partial charge in [0.05, 0.1) is 6.20 Å². The molecule has 22 heavy (non-hydrogen) atoms. The van der Waals surface area contributed by atoms with Crippen LogP contribution in [0.2, 0.25) is 5.15 Å². The number of halogens is 1. The minimum Gasteiger partial charge on any atom is -0.246 e. The van der Waals surface area contributed by atoms with Crippen LogP contribution in [0.25, 0.3) is 0 Å². The molecular weight excluding hydrogens is 338 g/mol. The molecule has 0 radical (unpaired) electrons. The Morgan fingerprint density at radius 3 is 2.82 bits per heavy atom. The Hall–Kier alpha value is -2.01. The zero-order valence-electron chi connectivity index (χ0n) is 11.3. The van der Waals surface area contributed by atoms with E-state index >= 15 is 0 Å². The largest absolute Gasteiger partial charge is 0.246 e. The molecule has 0 saturated carbocycles. The molecule has 0 aliphatic carbocycles. The third-order valence-corrected chi connectivity index (χ3v) is 5.18. The first-order valence-corrected chi connectivity index (χ1v) is 8.92. The van der Waals surface area contributed by atoms with E-state index in [1.54, 1.807) is 4.68 Å². The molecule has 0 aliphatic rings. The summed E-state index contributed by atoms with van der Waals surface area (Å²) in [4.78, 5) is 4.46. The summed E-state index contributed by atoms with van der Waals surface area (Å²) in [5.41, 5.74) is 1.64. The molecule has 5 nitrogen and oxygen atoms in total. The van der Waals surface area contributed by atoms with Gasteiger partial charge in [-0.2, -0.15) is 14.7 Å². The van der Waals surface area contributed by atoms with Gasteiger partial charge in [0.15, 0.2) is 15.6 Å². The molecule has 0 aliphatic heterocycles. The Labute approximate surface area is 139 Å². The molecule has 0 spiro atoms. The average Bonchev–Trinajstić information content (AvgIpc) is 3.13. The first kappa shape index (κ1) is 14.9. The van der Waals surface area contributed by atoms with E-state index in [2.05, 4.69) is 32.7 Å². The predicted octanol–water partition coefficient (Wildman–Crippen LogP) is 3.40. The van der Waals surface area contributed by atoms with E-state index in [1.807, 2.05) is 18.2 Å². The Kier molecular flexibility index (Phi) is 4.63. The smallest absolute Gasteiger partial charge is 0.179 e. The van der Waals surface area contributed by atoms with Crippen molar-refractivity contribution in [3.8, 4) is 6.07 Å². The second-order valence-electron chi connectivity index (χ2n) is 4.41. The van der Waals surface area contributed by atoms with E-state index in [0.29, 0.717) is 27.8 Å². The molecule has 0 saturated heterocycles. The number of aromatic nitrogens is 3. The predicted molar refractivity (Wildman–Crippen MR) is 87.3 cm³/mol. The van der Waals surface area contributed by atoms with Crippen LogP contribution in [0, 0.1) is 11.3 Å². The van der Waals surface area contributed by atoms with Crippen molar-refractivity contribution in [2.45, 2.75) is 13.0 Å². The van der Waals surface area contributed by atoms with Crippen molar-refractivity contribution >= 4 is 38.3 Å². The number of nitriles is 1. The summed E-state index contributed by atoms with van der Waals surface area (Å²) in [6.07, 6.45) is 2.34. The highest BCUT2D eigenvalue weighted by molar-refractivity contribution is 7.66. The van der Waals surface area contributed by atoms with E-state index in [1.165, 1.54) is 32.6 Å². The van der Waals surface area contributed by atoms with Crippen LogP contribution in [-0.4, -0.2) is 14.2 Å². The fraction of sp³-hybridized carbons (Fsp3) is 0.143. The van der Waals surface area contributed by atoms with Crippen LogP contribution in [0.15, 0.2) is 41.5 Å². The van der Waals surface area contributed by atoms with Crippen molar-refractivity contribution in [3.05, 3.63) is 57.5 Å². The lowest BCUT2D eigenvalue weighted by molar-refractivity contribution is 0.618. The van der Waals surface area contributed by atoms with Crippen LogP contribution >= 0.6 is 32.5 Å². The lowest BCUT2D eigenvalue weighted by Crippen LogP contribution is -2.04. The van der Waals surface area contributed by atoms with Gasteiger partial charge in [0.2, 0.25) is 0 Å². The zero-order chi connectivity index (χ0) is 15.4. The molecule has 8 heteroatoms. The molecule has 3 aromatic rings. The van der Waals surface area contributed by atoms with E-state index in [9.17, 15) is 5.26 Å². The summed E-state index contributed by atoms with van der Waals surface area (Å²) in [5.74, 6) is 0.525. The molecule has 0 amide bonds. The Morgan fingerprint density at radius 1 is 1.32 bits per heavy atom. The average molecular weight is 348 g/mol. The molecule has 110 valence electrons. The number of aryl methyl sites for hydroxylation is 2. The zero-order valence-corrected chi connectivity index (χ0v) is 13.7. The summed E-state index contributed by atoms with van der Waals surface area (Å²) < 4.78 is 6.33. The van der Waals surface area contributed by atoms with Gasteiger partial charge in [0.25, 0.3) is 0 Å². The molecule has 0 unspecified atom stereocenters. The maximum absolute atomic E-state index is 9.21. The third kappa shape index (κ3) is 3.25. The number of nitrogens with zero attached hydrogens (tertiary/aromatic N) is 5. The molecule has 0 bridgehead atoms. The maximum Gasteiger partial charge on any atom is 0.179 e. The van der Waals surface area contributed by atoms with Crippen LogP contribution in [-0.2, 0) is 13.0 Å². The summed E-state index contributed by atoms with van der Waals surface area (Å²) in [7, 11) is 2.64. The van der Waals surface area contributed by atoms with Crippen LogP contribution in [0.5, 0.6) is 0 Å². The summed E-state index contributed by atoms with van der Waals surface area (Å²) in [6.45, 7) is 0.643. The highest BCUT2D eigenvalue weighted by Crippen LogP contribution is 2.19. The fourth-order valence-corrected chi connectivity index (χ4v) is 3.91. The van der Waals surface area contributed by atoms with Crippen molar-refractivity contribution in [1.82, 2.24) is 14.2 Å². The van der Waals surface area contributed by atoms with Gasteiger partial charge in [-0.05, 0) is 22.3 Å². The standard InChI is InChI=1S/C14H10ClN5S2/c15-12-14(21-22-19-12)18-13-11(8-16)9-17-20(13)7-6-10-4-2-1-3-5-10/h1-5,9H,6-7H2. The highest BCUT2D eigenvalue weighted by Gasteiger charge is 2.10. The van der Waals surface area contributed by atoms with Gasteiger partial charge in [0, 0.05) is 17.1 Å². The van der Waals surface area contributed by atoms with Crippen molar-refractivity contribution in [1.29, 1.82) is 5.26 Å². The number of hydrogen-bond acceptors (Lipinski definition) is 6. The van der Waals surface area contributed by atoms with Gasteiger partial charge in [-0.25, -0.2) is 9.67 Å². The minimum atomic E-state index is 0.356. The fourth-order valence-electron chi connectivity index (χ4n) is 1.94. The van der Waals surface area contributed by atoms with Gasteiger partial charge < -0.3 is 0 Å². The molecule has 3 rings (SSSR count). The SMILES string of the molecule is N#Cc1cnn(CCc2ccccc2)c1N=c1ssnc1Cl. The van der Waals surface area contributed by atoms with Crippen LogP contribution in [0.4, 0.5) is 5.82 Å². The van der Waals surface area contributed by atoms with Crippen molar-refractivity contribution in [2.24, 2.45) is 4.99 Å². The van der Waals surface area contributed by atoms with Gasteiger partial charge in [-0.1, -0.05) is 41.9 Å². The second kappa shape index (κ2) is 6.83. The van der Waals surface area contributed by atoms with Crippen LogP contribution in [0.3, 0.4) is 0 Å². The first-order chi connectivity index (χ1) is 10.8. The monoisotopic (exact) mass is 347 g/mol. The first-order valence-electron chi connectivity index (χ1n) is 6.44. The Morgan fingerprint density at radius 2 is 2.14 bits per heavy atom. The van der Waals surface area contributed by atoms with E-state index in [4.69, 9.17) is 11.6 Å². The molecular formula is C14H10ClN5S2. The molecule has 0 fully saturated rings. The second-order valence-corrected chi connectivity index (χ2v) is 6.60. The van der Waals surface area contributed by atoms with Gasteiger partial charge >= 0.3 is 0 Å². The summed E-state index contributed by atoms with van der Waals surface area (Å²) in [6, 6.07) is 12.2. The van der Waals surface area contributed by atoms with Gasteiger partial charge in [-0.3, -0.25) is 0 Å². The quantitative estimate of drug-likeness (QED) is 0.679. The number of benzene rings is 1. The molecule has 1 aromatic carbocycles. The highest BCUT2D eigenvalue weighted by atomic mass is 35.5. The summed E-state index contributed by atoms with van der Waals surface area (Å²) in [5, 5.41) is 13.8. The number of hydrogen-bond donors (Lipinski definition) is 0. The maximum atomic E-state index is 9.21.